The number of rotatable bonds is 6. The van der Waals surface area contributed by atoms with E-state index >= 15 is 0 Å². The monoisotopic (exact) mass is 410 g/mol. The zero-order chi connectivity index (χ0) is 19.5. The Balaban J connectivity index is 1.39. The number of carbonyl (C=O) groups is 1. The number of aromatic nitrogens is 3. The molecule has 2 aromatic heterocycles. The van der Waals surface area contributed by atoms with Crippen molar-refractivity contribution in [1.82, 2.24) is 19.9 Å². The lowest BCUT2D eigenvalue weighted by atomic mass is 10.1. The average molecular weight is 411 g/mol. The van der Waals surface area contributed by atoms with E-state index in [1.807, 2.05) is 40.2 Å². The third-order valence-electron chi connectivity index (χ3n) is 4.52. The Kier molecular flexibility index (Phi) is 5.41. The highest BCUT2D eigenvalue weighted by Crippen LogP contribution is 2.23. The van der Waals surface area contributed by atoms with Gasteiger partial charge in [-0.05, 0) is 30.2 Å². The molecule has 0 bridgehead atoms. The molecule has 4 aromatic rings. The highest BCUT2D eigenvalue weighted by Gasteiger charge is 2.13. The zero-order valence-electron chi connectivity index (χ0n) is 15.4. The number of hydrogen-bond donors (Lipinski definition) is 1. The predicted molar refractivity (Wildman–Crippen MR) is 113 cm³/mol. The third-order valence-corrected chi connectivity index (χ3v) is 5.63. The standard InChI is InChI=1S/C21H19ClN4OS/c1-14-4-2-3-5-18(14)20-24-21-26(25-20)17(13-28-21)10-11-23-19(27)12-15-6-8-16(22)9-7-15/h2-9,13H,10-12H2,1H3,(H,23,27). The van der Waals surface area contributed by atoms with Crippen molar-refractivity contribution in [1.29, 1.82) is 0 Å². The van der Waals surface area contributed by atoms with Gasteiger partial charge in [0, 0.05) is 28.9 Å². The van der Waals surface area contributed by atoms with Crippen LogP contribution in [0.3, 0.4) is 0 Å². The molecule has 7 heteroatoms. The number of nitrogens with zero attached hydrogens (tertiary/aromatic N) is 3. The summed E-state index contributed by atoms with van der Waals surface area (Å²) in [6, 6.07) is 15.4. The minimum Gasteiger partial charge on any atom is -0.355 e. The van der Waals surface area contributed by atoms with Gasteiger partial charge in [0.1, 0.15) is 0 Å². The van der Waals surface area contributed by atoms with E-state index in [9.17, 15) is 4.79 Å². The van der Waals surface area contributed by atoms with Gasteiger partial charge in [-0.15, -0.1) is 16.4 Å². The molecule has 4 rings (SSSR count). The molecule has 1 amide bonds. The van der Waals surface area contributed by atoms with Crippen LogP contribution in [0.5, 0.6) is 0 Å². The number of halogens is 1. The summed E-state index contributed by atoms with van der Waals surface area (Å²) in [4.78, 5) is 17.6. The molecule has 0 aliphatic heterocycles. The quantitative estimate of drug-likeness (QED) is 0.515. The van der Waals surface area contributed by atoms with Gasteiger partial charge in [-0.3, -0.25) is 4.79 Å². The Morgan fingerprint density at radius 1 is 1.18 bits per heavy atom. The predicted octanol–water partition coefficient (Wildman–Crippen LogP) is 4.32. The van der Waals surface area contributed by atoms with Crippen LogP contribution >= 0.6 is 22.9 Å². The van der Waals surface area contributed by atoms with Crippen molar-refractivity contribution >= 4 is 33.8 Å². The Hall–Kier alpha value is -2.70. The fourth-order valence-corrected chi connectivity index (χ4v) is 4.00. The summed E-state index contributed by atoms with van der Waals surface area (Å²) in [7, 11) is 0. The summed E-state index contributed by atoms with van der Waals surface area (Å²) in [6.07, 6.45) is 1.04. The van der Waals surface area contributed by atoms with Gasteiger partial charge in [-0.1, -0.05) is 48.0 Å². The maximum atomic E-state index is 12.1. The van der Waals surface area contributed by atoms with E-state index in [0.29, 0.717) is 24.4 Å². The minimum atomic E-state index is -0.00649. The molecule has 0 radical (unpaired) electrons. The van der Waals surface area contributed by atoms with Gasteiger partial charge in [0.15, 0.2) is 5.82 Å². The molecule has 142 valence electrons. The van der Waals surface area contributed by atoms with E-state index < -0.39 is 0 Å². The van der Waals surface area contributed by atoms with Crippen LogP contribution in [0.1, 0.15) is 16.8 Å². The third kappa shape index (κ3) is 4.08. The van der Waals surface area contributed by atoms with Gasteiger partial charge >= 0.3 is 0 Å². The summed E-state index contributed by atoms with van der Waals surface area (Å²) in [5, 5.41) is 10.3. The summed E-state index contributed by atoms with van der Waals surface area (Å²) in [6.45, 7) is 2.61. The number of fused-ring (bicyclic) bond motifs is 1. The second-order valence-electron chi connectivity index (χ2n) is 6.57. The van der Waals surface area contributed by atoms with Gasteiger partial charge in [-0.25, -0.2) is 4.52 Å². The highest BCUT2D eigenvalue weighted by molar-refractivity contribution is 7.15. The van der Waals surface area contributed by atoms with Gasteiger partial charge < -0.3 is 5.32 Å². The zero-order valence-corrected chi connectivity index (χ0v) is 16.9. The molecular formula is C21H19ClN4OS. The normalized spacial score (nSPS) is 11.1. The molecule has 5 nitrogen and oxygen atoms in total. The highest BCUT2D eigenvalue weighted by atomic mass is 35.5. The van der Waals surface area contributed by atoms with Crippen LogP contribution in [-0.2, 0) is 17.6 Å². The molecule has 0 spiro atoms. The lowest BCUT2D eigenvalue weighted by Gasteiger charge is -2.05. The molecule has 0 saturated carbocycles. The molecule has 1 N–H and O–H groups in total. The van der Waals surface area contributed by atoms with E-state index in [-0.39, 0.29) is 5.91 Å². The SMILES string of the molecule is Cc1ccccc1-c1nc2scc(CCNC(=O)Cc3ccc(Cl)cc3)n2n1. The molecule has 0 aliphatic carbocycles. The fraction of sp³-hybridized carbons (Fsp3) is 0.190. The van der Waals surface area contributed by atoms with E-state index in [1.54, 1.807) is 23.5 Å². The summed E-state index contributed by atoms with van der Waals surface area (Å²) in [5.74, 6) is 0.728. The first-order valence-corrected chi connectivity index (χ1v) is 10.3. The van der Waals surface area contributed by atoms with Crippen LogP contribution in [0.4, 0.5) is 0 Å². The molecule has 0 atom stereocenters. The first-order valence-electron chi connectivity index (χ1n) is 9.00. The molecule has 0 unspecified atom stereocenters. The van der Waals surface area contributed by atoms with Crippen LogP contribution in [0.25, 0.3) is 16.3 Å². The van der Waals surface area contributed by atoms with Crippen LogP contribution in [0.15, 0.2) is 53.9 Å². The second-order valence-corrected chi connectivity index (χ2v) is 7.85. The first-order chi connectivity index (χ1) is 13.6. The average Bonchev–Trinajstić information content (AvgIpc) is 3.26. The molecule has 2 aromatic carbocycles. The topological polar surface area (TPSA) is 59.3 Å². The molecule has 28 heavy (non-hydrogen) atoms. The number of nitrogens with one attached hydrogen (secondary N) is 1. The van der Waals surface area contributed by atoms with Gasteiger partial charge in [0.25, 0.3) is 0 Å². The Morgan fingerprint density at radius 2 is 1.96 bits per heavy atom. The molecule has 0 aliphatic rings. The van der Waals surface area contributed by atoms with E-state index in [1.165, 1.54) is 0 Å². The Bertz CT molecular complexity index is 1120. The molecule has 2 heterocycles. The number of hydrogen-bond acceptors (Lipinski definition) is 4. The van der Waals surface area contributed by atoms with Gasteiger partial charge in [-0.2, -0.15) is 4.98 Å². The van der Waals surface area contributed by atoms with Crippen molar-refractivity contribution in [3.8, 4) is 11.4 Å². The van der Waals surface area contributed by atoms with Crippen LogP contribution < -0.4 is 5.32 Å². The van der Waals surface area contributed by atoms with E-state index in [0.717, 1.165) is 33.2 Å². The maximum Gasteiger partial charge on any atom is 0.224 e. The van der Waals surface area contributed by atoms with E-state index in [2.05, 4.69) is 28.4 Å². The summed E-state index contributed by atoms with van der Waals surface area (Å²) in [5.41, 5.74) is 4.18. The summed E-state index contributed by atoms with van der Waals surface area (Å²) >= 11 is 7.44. The van der Waals surface area contributed by atoms with Crippen LogP contribution in [0, 0.1) is 6.92 Å². The Morgan fingerprint density at radius 3 is 2.75 bits per heavy atom. The largest absolute Gasteiger partial charge is 0.355 e. The first kappa shape index (κ1) is 18.7. The van der Waals surface area contributed by atoms with Crippen LogP contribution in [-0.4, -0.2) is 27.0 Å². The second kappa shape index (κ2) is 8.12. The number of thiazole rings is 1. The minimum absolute atomic E-state index is 0.00649. The molecule has 0 saturated heterocycles. The number of amides is 1. The lowest BCUT2D eigenvalue weighted by molar-refractivity contribution is -0.120. The smallest absolute Gasteiger partial charge is 0.224 e. The molecule has 0 fully saturated rings. The lowest BCUT2D eigenvalue weighted by Crippen LogP contribution is -2.27. The molecular weight excluding hydrogens is 392 g/mol. The van der Waals surface area contributed by atoms with Crippen LogP contribution in [0.2, 0.25) is 5.02 Å². The van der Waals surface area contributed by atoms with Gasteiger partial charge in [0.05, 0.1) is 12.1 Å². The maximum absolute atomic E-state index is 12.1. The summed E-state index contributed by atoms with van der Waals surface area (Å²) < 4.78 is 1.87. The van der Waals surface area contributed by atoms with E-state index in [4.69, 9.17) is 11.6 Å². The Labute approximate surface area is 172 Å². The van der Waals surface area contributed by atoms with Crippen molar-refractivity contribution in [3.05, 3.63) is 75.8 Å². The number of carbonyl (C=O) groups excluding carboxylic acids is 1. The van der Waals surface area contributed by atoms with Crippen molar-refractivity contribution in [3.63, 3.8) is 0 Å². The van der Waals surface area contributed by atoms with Crippen molar-refractivity contribution in [2.45, 2.75) is 19.8 Å². The van der Waals surface area contributed by atoms with Crippen molar-refractivity contribution in [2.75, 3.05) is 6.54 Å². The number of aryl methyl sites for hydroxylation is 1. The number of benzene rings is 2. The van der Waals surface area contributed by atoms with Crippen molar-refractivity contribution in [2.24, 2.45) is 0 Å². The van der Waals surface area contributed by atoms with Gasteiger partial charge in [0.2, 0.25) is 10.9 Å². The fourth-order valence-electron chi connectivity index (χ4n) is 3.01. The van der Waals surface area contributed by atoms with Crippen molar-refractivity contribution < 1.29 is 4.79 Å².